The Balaban J connectivity index is 1.92. The summed E-state index contributed by atoms with van der Waals surface area (Å²) >= 11 is 0. The maximum Gasteiger partial charge on any atom is 0.408 e. The highest BCUT2D eigenvalue weighted by Crippen LogP contribution is 2.20. The van der Waals surface area contributed by atoms with Crippen LogP contribution in [0, 0.1) is 0 Å². The predicted molar refractivity (Wildman–Crippen MR) is 75.0 cm³/mol. The molecule has 1 amide bonds. The number of rotatable bonds is 3. The van der Waals surface area contributed by atoms with Gasteiger partial charge in [0.25, 0.3) is 0 Å². The molecular formula is C15H18N2O3. The van der Waals surface area contributed by atoms with E-state index in [1.165, 1.54) is 0 Å². The van der Waals surface area contributed by atoms with Crippen molar-refractivity contribution in [3.63, 3.8) is 0 Å². The molecule has 0 aliphatic carbocycles. The van der Waals surface area contributed by atoms with E-state index in [0.717, 1.165) is 11.3 Å². The molecule has 2 aromatic heterocycles. The number of amides is 1. The van der Waals surface area contributed by atoms with E-state index >= 15 is 0 Å². The summed E-state index contributed by atoms with van der Waals surface area (Å²) in [5.41, 5.74) is 0.393. The van der Waals surface area contributed by atoms with Crippen LogP contribution in [-0.4, -0.2) is 16.7 Å². The van der Waals surface area contributed by atoms with Gasteiger partial charge in [0, 0.05) is 18.0 Å². The number of alkyl carbamates (subject to hydrolysis) is 1. The van der Waals surface area contributed by atoms with E-state index in [2.05, 4.69) is 10.3 Å². The Bertz CT molecular complexity index is 570. The Morgan fingerprint density at radius 3 is 2.80 bits per heavy atom. The van der Waals surface area contributed by atoms with Gasteiger partial charge < -0.3 is 14.5 Å². The molecule has 2 heterocycles. The minimum Gasteiger partial charge on any atom is -0.459 e. The number of aromatic nitrogens is 1. The first-order valence-electron chi connectivity index (χ1n) is 6.40. The molecule has 0 aliphatic heterocycles. The zero-order valence-electron chi connectivity index (χ0n) is 11.8. The Kier molecular flexibility index (Phi) is 4.08. The van der Waals surface area contributed by atoms with Crippen LogP contribution in [0.4, 0.5) is 4.79 Å². The van der Waals surface area contributed by atoms with E-state index in [1.54, 1.807) is 12.4 Å². The van der Waals surface area contributed by atoms with Gasteiger partial charge in [-0.05, 0) is 45.0 Å². The zero-order chi connectivity index (χ0) is 14.6. The van der Waals surface area contributed by atoms with Gasteiger partial charge in [0.1, 0.15) is 17.1 Å². The quantitative estimate of drug-likeness (QED) is 0.932. The lowest BCUT2D eigenvalue weighted by molar-refractivity contribution is 0.0520. The van der Waals surface area contributed by atoms with Crippen molar-refractivity contribution in [1.82, 2.24) is 10.3 Å². The number of pyridine rings is 1. The Hall–Kier alpha value is -2.30. The Morgan fingerprint density at radius 2 is 2.15 bits per heavy atom. The summed E-state index contributed by atoms with van der Waals surface area (Å²) in [6, 6.07) is 7.43. The number of furan rings is 1. The van der Waals surface area contributed by atoms with Crippen LogP contribution in [0.15, 0.2) is 41.1 Å². The molecule has 0 bridgehead atoms. The molecule has 1 N–H and O–H groups in total. The second kappa shape index (κ2) is 5.77. The first kappa shape index (κ1) is 14.1. The molecule has 106 valence electrons. The molecule has 20 heavy (non-hydrogen) atoms. The molecule has 0 aliphatic rings. The lowest BCUT2D eigenvalue weighted by atomic mass is 10.2. The number of nitrogens with zero attached hydrogens (tertiary/aromatic N) is 1. The summed E-state index contributed by atoms with van der Waals surface area (Å²) in [6.07, 6.45) is 2.97. The van der Waals surface area contributed by atoms with Crippen molar-refractivity contribution in [2.24, 2.45) is 0 Å². The molecule has 0 saturated carbocycles. The minimum absolute atomic E-state index is 0.287. The maximum absolute atomic E-state index is 11.5. The molecule has 0 spiro atoms. The normalized spacial score (nSPS) is 11.2. The lowest BCUT2D eigenvalue weighted by Crippen LogP contribution is -2.32. The SMILES string of the molecule is CC(C)(C)OC(=O)NCc1ccc(-c2cccnc2)o1. The molecule has 0 radical (unpaired) electrons. The van der Waals surface area contributed by atoms with Gasteiger partial charge in [0.05, 0.1) is 6.54 Å². The van der Waals surface area contributed by atoms with Gasteiger partial charge in [0.15, 0.2) is 0 Å². The van der Waals surface area contributed by atoms with Crippen molar-refractivity contribution in [2.75, 3.05) is 0 Å². The van der Waals surface area contributed by atoms with Gasteiger partial charge in [0.2, 0.25) is 0 Å². The van der Waals surface area contributed by atoms with Gasteiger partial charge in [-0.1, -0.05) is 0 Å². The molecule has 0 fully saturated rings. The van der Waals surface area contributed by atoms with Crippen molar-refractivity contribution in [3.8, 4) is 11.3 Å². The Morgan fingerprint density at radius 1 is 1.35 bits per heavy atom. The highest BCUT2D eigenvalue weighted by atomic mass is 16.6. The fourth-order valence-electron chi connectivity index (χ4n) is 1.61. The summed E-state index contributed by atoms with van der Waals surface area (Å²) in [5.74, 6) is 1.38. The van der Waals surface area contributed by atoms with E-state index in [9.17, 15) is 4.79 Å². The van der Waals surface area contributed by atoms with Crippen LogP contribution in [0.5, 0.6) is 0 Å². The third-order valence-electron chi connectivity index (χ3n) is 2.41. The highest BCUT2D eigenvalue weighted by molar-refractivity contribution is 5.67. The summed E-state index contributed by atoms with van der Waals surface area (Å²) in [6.45, 7) is 5.75. The Labute approximate surface area is 118 Å². The lowest BCUT2D eigenvalue weighted by Gasteiger charge is -2.19. The van der Waals surface area contributed by atoms with Crippen molar-refractivity contribution in [3.05, 3.63) is 42.4 Å². The smallest absolute Gasteiger partial charge is 0.408 e. The molecule has 0 aromatic carbocycles. The number of nitrogens with one attached hydrogen (secondary N) is 1. The minimum atomic E-state index is -0.506. The molecule has 2 aromatic rings. The van der Waals surface area contributed by atoms with E-state index in [4.69, 9.17) is 9.15 Å². The number of hydrogen-bond donors (Lipinski definition) is 1. The first-order valence-corrected chi connectivity index (χ1v) is 6.40. The fourth-order valence-corrected chi connectivity index (χ4v) is 1.61. The summed E-state index contributed by atoms with van der Waals surface area (Å²) in [7, 11) is 0. The van der Waals surface area contributed by atoms with Gasteiger partial charge in [-0.3, -0.25) is 4.98 Å². The third kappa shape index (κ3) is 4.12. The van der Waals surface area contributed by atoms with Crippen molar-refractivity contribution < 1.29 is 13.9 Å². The van der Waals surface area contributed by atoms with E-state index < -0.39 is 11.7 Å². The standard InChI is InChI=1S/C15H18N2O3/c1-15(2,3)20-14(18)17-10-12-6-7-13(19-12)11-5-4-8-16-9-11/h4-9H,10H2,1-3H3,(H,17,18). The second-order valence-corrected chi connectivity index (χ2v) is 5.36. The van der Waals surface area contributed by atoms with Crippen molar-refractivity contribution in [2.45, 2.75) is 32.9 Å². The van der Waals surface area contributed by atoms with E-state index in [-0.39, 0.29) is 6.54 Å². The van der Waals surface area contributed by atoms with E-state index in [0.29, 0.717) is 5.76 Å². The van der Waals surface area contributed by atoms with Crippen LogP contribution in [0.2, 0.25) is 0 Å². The van der Waals surface area contributed by atoms with Gasteiger partial charge in [-0.2, -0.15) is 0 Å². The van der Waals surface area contributed by atoms with Gasteiger partial charge >= 0.3 is 6.09 Å². The van der Waals surface area contributed by atoms with Crippen LogP contribution in [0.25, 0.3) is 11.3 Å². The topological polar surface area (TPSA) is 64.4 Å². The number of hydrogen-bond acceptors (Lipinski definition) is 4. The largest absolute Gasteiger partial charge is 0.459 e. The molecule has 5 heteroatoms. The average Bonchev–Trinajstić information content (AvgIpc) is 2.84. The van der Waals surface area contributed by atoms with Crippen LogP contribution >= 0.6 is 0 Å². The molecule has 0 atom stereocenters. The molecule has 0 saturated heterocycles. The van der Waals surface area contributed by atoms with Crippen LogP contribution < -0.4 is 5.32 Å². The van der Waals surface area contributed by atoms with Crippen LogP contribution in [0.1, 0.15) is 26.5 Å². The van der Waals surface area contributed by atoms with Crippen LogP contribution in [0.3, 0.4) is 0 Å². The van der Waals surface area contributed by atoms with E-state index in [1.807, 2.05) is 45.0 Å². The summed E-state index contributed by atoms with van der Waals surface area (Å²) < 4.78 is 10.8. The first-order chi connectivity index (χ1) is 9.44. The fraction of sp³-hybridized carbons (Fsp3) is 0.333. The van der Waals surface area contributed by atoms with Gasteiger partial charge in [-0.25, -0.2) is 4.79 Å². The molecular weight excluding hydrogens is 256 g/mol. The average molecular weight is 274 g/mol. The molecule has 0 unspecified atom stereocenters. The maximum atomic E-state index is 11.5. The third-order valence-corrected chi connectivity index (χ3v) is 2.41. The number of ether oxygens (including phenoxy) is 1. The monoisotopic (exact) mass is 274 g/mol. The van der Waals surface area contributed by atoms with Crippen molar-refractivity contribution in [1.29, 1.82) is 0 Å². The van der Waals surface area contributed by atoms with Crippen molar-refractivity contribution >= 4 is 6.09 Å². The predicted octanol–water partition coefficient (Wildman–Crippen LogP) is 3.37. The highest BCUT2D eigenvalue weighted by Gasteiger charge is 2.16. The molecule has 5 nitrogen and oxygen atoms in total. The summed E-state index contributed by atoms with van der Waals surface area (Å²) in [5, 5.41) is 2.65. The molecule has 2 rings (SSSR count). The summed E-state index contributed by atoms with van der Waals surface area (Å²) in [4.78, 5) is 15.6. The second-order valence-electron chi connectivity index (χ2n) is 5.36. The van der Waals surface area contributed by atoms with Gasteiger partial charge in [-0.15, -0.1) is 0 Å². The zero-order valence-corrected chi connectivity index (χ0v) is 11.8. The number of carbonyl (C=O) groups excluding carboxylic acids is 1. The number of carbonyl (C=O) groups is 1. The van der Waals surface area contributed by atoms with Crippen LogP contribution in [-0.2, 0) is 11.3 Å².